The Balaban J connectivity index is 2.93. The monoisotopic (exact) mass is 235 g/mol. The molecule has 2 N–H and O–H groups in total. The van der Waals surface area contributed by atoms with E-state index in [-0.39, 0.29) is 11.6 Å². The van der Waals surface area contributed by atoms with Crippen molar-refractivity contribution >= 4 is 0 Å². The van der Waals surface area contributed by atoms with Crippen LogP contribution in [0.25, 0.3) is 0 Å². The van der Waals surface area contributed by atoms with Crippen LogP contribution in [0.1, 0.15) is 43.4 Å². The Bertz CT molecular complexity index is 450. The average molecular weight is 235 g/mol. The quantitative estimate of drug-likeness (QED) is 0.767. The second kappa shape index (κ2) is 5.77. The molecule has 0 radical (unpaired) electrons. The van der Waals surface area contributed by atoms with Gasteiger partial charge in [-0.3, -0.25) is 4.79 Å². The molecule has 2 atom stereocenters. The normalized spacial score (nSPS) is 14.4. The lowest BCUT2D eigenvalue weighted by Gasteiger charge is -2.19. The standard InChI is InChI=1S/C13H21N3O/c1-6-7-8(2)14-9(3)12-10(4)15-11(5)16-13(12)17/h6,8-9,14H,1,7H2,2-5H3,(H,15,16,17). The van der Waals surface area contributed by atoms with Crippen LogP contribution < -0.4 is 10.9 Å². The molecule has 0 saturated carbocycles. The van der Waals surface area contributed by atoms with Crippen molar-refractivity contribution in [2.45, 2.75) is 46.2 Å². The molecule has 0 aromatic carbocycles. The van der Waals surface area contributed by atoms with Gasteiger partial charge in [0, 0.05) is 17.8 Å². The van der Waals surface area contributed by atoms with Crippen LogP contribution in [-0.2, 0) is 0 Å². The number of hydrogen-bond acceptors (Lipinski definition) is 3. The molecule has 1 heterocycles. The summed E-state index contributed by atoms with van der Waals surface area (Å²) in [4.78, 5) is 18.9. The van der Waals surface area contributed by atoms with Gasteiger partial charge in [0.05, 0.1) is 5.56 Å². The molecule has 17 heavy (non-hydrogen) atoms. The van der Waals surface area contributed by atoms with E-state index in [1.807, 2.05) is 19.9 Å². The van der Waals surface area contributed by atoms with Crippen molar-refractivity contribution in [2.75, 3.05) is 0 Å². The number of aromatic nitrogens is 2. The van der Waals surface area contributed by atoms with E-state index in [2.05, 4.69) is 28.8 Å². The molecule has 0 saturated heterocycles. The van der Waals surface area contributed by atoms with Crippen molar-refractivity contribution < 1.29 is 0 Å². The van der Waals surface area contributed by atoms with Crippen LogP contribution in [0, 0.1) is 13.8 Å². The molecule has 4 nitrogen and oxygen atoms in total. The minimum atomic E-state index is -0.0548. The van der Waals surface area contributed by atoms with Gasteiger partial charge in [0.25, 0.3) is 5.56 Å². The van der Waals surface area contributed by atoms with Crippen molar-refractivity contribution in [3.63, 3.8) is 0 Å². The minimum absolute atomic E-state index is 0.0122. The van der Waals surface area contributed by atoms with E-state index in [1.54, 1.807) is 6.92 Å². The van der Waals surface area contributed by atoms with E-state index in [1.165, 1.54) is 0 Å². The lowest BCUT2D eigenvalue weighted by Crippen LogP contribution is -2.33. The fourth-order valence-electron chi connectivity index (χ4n) is 2.07. The summed E-state index contributed by atoms with van der Waals surface area (Å²) in [5, 5.41) is 3.37. The Labute approximate surface area is 102 Å². The van der Waals surface area contributed by atoms with Gasteiger partial charge in [-0.1, -0.05) is 6.08 Å². The second-order valence-electron chi connectivity index (χ2n) is 4.46. The molecule has 1 aromatic heterocycles. The summed E-state index contributed by atoms with van der Waals surface area (Å²) in [6, 6.07) is 0.282. The van der Waals surface area contributed by atoms with Crippen molar-refractivity contribution in [1.29, 1.82) is 0 Å². The summed E-state index contributed by atoms with van der Waals surface area (Å²) in [6.45, 7) is 11.4. The number of nitrogens with one attached hydrogen (secondary N) is 2. The van der Waals surface area contributed by atoms with E-state index >= 15 is 0 Å². The van der Waals surface area contributed by atoms with Gasteiger partial charge in [0.2, 0.25) is 0 Å². The van der Waals surface area contributed by atoms with Gasteiger partial charge in [0.15, 0.2) is 0 Å². The van der Waals surface area contributed by atoms with Crippen molar-refractivity contribution in [3.8, 4) is 0 Å². The van der Waals surface area contributed by atoms with Crippen molar-refractivity contribution in [1.82, 2.24) is 15.3 Å². The summed E-state index contributed by atoms with van der Waals surface area (Å²) in [6.07, 6.45) is 2.75. The van der Waals surface area contributed by atoms with Crippen LogP contribution in [-0.4, -0.2) is 16.0 Å². The predicted molar refractivity (Wildman–Crippen MR) is 70.2 cm³/mol. The summed E-state index contributed by atoms with van der Waals surface area (Å²) in [5.41, 5.74) is 1.45. The predicted octanol–water partition coefficient (Wildman–Crippen LogP) is 2.00. The summed E-state index contributed by atoms with van der Waals surface area (Å²) >= 11 is 0. The molecule has 0 aliphatic rings. The van der Waals surface area contributed by atoms with E-state index < -0.39 is 0 Å². The molecule has 0 amide bonds. The fraction of sp³-hybridized carbons (Fsp3) is 0.538. The topological polar surface area (TPSA) is 57.8 Å². The molecule has 1 aromatic rings. The Morgan fingerprint density at radius 3 is 2.65 bits per heavy atom. The highest BCUT2D eigenvalue weighted by molar-refractivity contribution is 5.20. The number of aryl methyl sites for hydroxylation is 2. The van der Waals surface area contributed by atoms with Gasteiger partial charge in [-0.05, 0) is 34.1 Å². The zero-order valence-corrected chi connectivity index (χ0v) is 11.0. The first kappa shape index (κ1) is 13.6. The molecule has 1 rings (SSSR count). The molecule has 94 valence electrons. The minimum Gasteiger partial charge on any atom is -0.310 e. The zero-order chi connectivity index (χ0) is 13.0. The molecule has 0 bridgehead atoms. The summed E-state index contributed by atoms with van der Waals surface area (Å²) in [5.74, 6) is 0.655. The van der Waals surface area contributed by atoms with Gasteiger partial charge < -0.3 is 10.3 Å². The largest absolute Gasteiger partial charge is 0.310 e. The number of H-pyrrole nitrogens is 1. The maximum atomic E-state index is 11.9. The molecule has 2 unspecified atom stereocenters. The summed E-state index contributed by atoms with van der Waals surface area (Å²) < 4.78 is 0. The Hall–Kier alpha value is -1.42. The third-order valence-corrected chi connectivity index (χ3v) is 2.75. The zero-order valence-electron chi connectivity index (χ0n) is 11.0. The van der Waals surface area contributed by atoms with E-state index in [0.29, 0.717) is 17.4 Å². The molecule has 0 aliphatic carbocycles. The molecule has 4 heteroatoms. The Morgan fingerprint density at radius 1 is 1.47 bits per heavy atom. The maximum absolute atomic E-state index is 11.9. The summed E-state index contributed by atoms with van der Waals surface area (Å²) in [7, 11) is 0. The lowest BCUT2D eigenvalue weighted by molar-refractivity contribution is 0.476. The van der Waals surface area contributed by atoms with Gasteiger partial charge in [0.1, 0.15) is 5.82 Å². The van der Waals surface area contributed by atoms with Crippen LogP contribution in [0.5, 0.6) is 0 Å². The third kappa shape index (κ3) is 3.53. The number of aromatic amines is 1. The number of hydrogen-bond donors (Lipinski definition) is 2. The second-order valence-corrected chi connectivity index (χ2v) is 4.46. The van der Waals surface area contributed by atoms with E-state index in [9.17, 15) is 4.79 Å². The fourth-order valence-corrected chi connectivity index (χ4v) is 2.07. The lowest BCUT2D eigenvalue weighted by atomic mass is 10.1. The smallest absolute Gasteiger partial charge is 0.255 e. The molecular formula is C13H21N3O. The Kier molecular flexibility index (Phi) is 4.63. The Morgan fingerprint density at radius 2 is 2.12 bits per heavy atom. The molecule has 0 aliphatic heterocycles. The van der Waals surface area contributed by atoms with Crippen LogP contribution in [0.4, 0.5) is 0 Å². The van der Waals surface area contributed by atoms with Crippen LogP contribution in [0.2, 0.25) is 0 Å². The average Bonchev–Trinajstić information content (AvgIpc) is 2.15. The first-order valence-corrected chi connectivity index (χ1v) is 5.90. The highest BCUT2D eigenvalue weighted by atomic mass is 16.1. The van der Waals surface area contributed by atoms with E-state index in [0.717, 1.165) is 12.1 Å². The van der Waals surface area contributed by atoms with Crippen molar-refractivity contribution in [3.05, 3.63) is 40.1 Å². The van der Waals surface area contributed by atoms with Gasteiger partial charge in [-0.15, -0.1) is 6.58 Å². The van der Waals surface area contributed by atoms with Crippen LogP contribution in [0.15, 0.2) is 17.4 Å². The van der Waals surface area contributed by atoms with E-state index in [4.69, 9.17) is 0 Å². The SMILES string of the molecule is C=CCC(C)NC(C)c1c(C)nc(C)[nH]c1=O. The van der Waals surface area contributed by atoms with Gasteiger partial charge in [-0.2, -0.15) is 0 Å². The van der Waals surface area contributed by atoms with Gasteiger partial charge >= 0.3 is 0 Å². The number of rotatable bonds is 5. The third-order valence-electron chi connectivity index (χ3n) is 2.75. The highest BCUT2D eigenvalue weighted by Crippen LogP contribution is 2.12. The van der Waals surface area contributed by atoms with Crippen molar-refractivity contribution in [2.24, 2.45) is 0 Å². The molecule has 0 spiro atoms. The number of nitrogens with zero attached hydrogens (tertiary/aromatic N) is 1. The molecule has 0 fully saturated rings. The van der Waals surface area contributed by atoms with Crippen LogP contribution in [0.3, 0.4) is 0 Å². The molecular weight excluding hydrogens is 214 g/mol. The van der Waals surface area contributed by atoms with Crippen LogP contribution >= 0.6 is 0 Å². The highest BCUT2D eigenvalue weighted by Gasteiger charge is 2.15. The van der Waals surface area contributed by atoms with Gasteiger partial charge in [-0.25, -0.2) is 4.98 Å². The first-order chi connectivity index (χ1) is 7.95. The maximum Gasteiger partial charge on any atom is 0.255 e. The first-order valence-electron chi connectivity index (χ1n) is 5.90.